The molecular weight excluding hydrogens is 288 g/mol. The summed E-state index contributed by atoms with van der Waals surface area (Å²) in [5.41, 5.74) is 2.33. The molecule has 0 atom stereocenters. The van der Waals surface area contributed by atoms with E-state index in [9.17, 15) is 8.42 Å². The average molecular weight is 308 g/mol. The molecule has 6 nitrogen and oxygen atoms in total. The van der Waals surface area contributed by atoms with Gasteiger partial charge in [-0.1, -0.05) is 0 Å². The zero-order valence-electron chi connectivity index (χ0n) is 12.6. The minimum Gasteiger partial charge on any atom is -0.385 e. The molecule has 0 fully saturated rings. The van der Waals surface area contributed by atoms with Crippen LogP contribution in [0.5, 0.6) is 0 Å². The first-order valence-electron chi connectivity index (χ1n) is 6.71. The molecule has 2 aromatic rings. The molecule has 2 N–H and O–H groups in total. The smallest absolute Gasteiger partial charge is 0.263 e. The maximum absolute atomic E-state index is 12.5. The minimum atomic E-state index is -3.65. The molecule has 0 spiro atoms. The molecule has 0 radical (unpaired) electrons. The lowest BCUT2D eigenvalue weighted by Crippen LogP contribution is -2.16. The maximum atomic E-state index is 12.5. The largest absolute Gasteiger partial charge is 0.385 e. The van der Waals surface area contributed by atoms with Gasteiger partial charge in [0.05, 0.1) is 4.90 Å². The van der Waals surface area contributed by atoms with Gasteiger partial charge in [0, 0.05) is 31.5 Å². The van der Waals surface area contributed by atoms with Crippen molar-refractivity contribution in [1.82, 2.24) is 9.78 Å². The Bertz CT molecular complexity index is 727. The Labute approximate surface area is 125 Å². The number of hydrogen-bond acceptors (Lipinski definition) is 4. The highest BCUT2D eigenvalue weighted by Gasteiger charge is 2.21. The summed E-state index contributed by atoms with van der Waals surface area (Å²) < 4.78 is 29.1. The van der Waals surface area contributed by atoms with Gasteiger partial charge in [0.2, 0.25) is 0 Å². The van der Waals surface area contributed by atoms with Crippen molar-refractivity contribution in [3.8, 4) is 0 Å². The Morgan fingerprint density at radius 2 is 1.86 bits per heavy atom. The van der Waals surface area contributed by atoms with Crippen LogP contribution in [0, 0.1) is 13.8 Å². The number of aromatic nitrogens is 2. The van der Waals surface area contributed by atoms with Crippen LogP contribution in [-0.2, 0) is 17.1 Å². The summed E-state index contributed by atoms with van der Waals surface area (Å²) in [6.07, 6.45) is 1.69. The number of anilines is 2. The fourth-order valence-corrected chi connectivity index (χ4v) is 3.79. The van der Waals surface area contributed by atoms with Crippen molar-refractivity contribution in [2.45, 2.75) is 25.7 Å². The van der Waals surface area contributed by atoms with E-state index in [1.807, 2.05) is 19.1 Å². The predicted molar refractivity (Wildman–Crippen MR) is 84.1 cm³/mol. The van der Waals surface area contributed by atoms with Gasteiger partial charge in [0.15, 0.2) is 5.82 Å². The normalized spacial score (nSPS) is 11.4. The van der Waals surface area contributed by atoms with Crippen molar-refractivity contribution in [3.63, 3.8) is 0 Å². The molecule has 1 heterocycles. The van der Waals surface area contributed by atoms with Gasteiger partial charge in [-0.25, -0.2) is 8.42 Å². The number of aryl methyl sites for hydroxylation is 3. The Morgan fingerprint density at radius 1 is 1.24 bits per heavy atom. The molecule has 0 aliphatic carbocycles. The van der Waals surface area contributed by atoms with E-state index in [0.29, 0.717) is 21.8 Å². The molecule has 0 saturated carbocycles. The molecule has 0 saturated heterocycles. The second-order valence-electron chi connectivity index (χ2n) is 4.95. The summed E-state index contributed by atoms with van der Waals surface area (Å²) in [4.78, 5) is 0.301. The lowest BCUT2D eigenvalue weighted by Gasteiger charge is -2.14. The van der Waals surface area contributed by atoms with Crippen molar-refractivity contribution in [2.24, 2.45) is 7.05 Å². The van der Waals surface area contributed by atoms with Crippen molar-refractivity contribution in [3.05, 3.63) is 35.5 Å². The Hall–Kier alpha value is -2.02. The van der Waals surface area contributed by atoms with Crippen LogP contribution in [0.15, 0.2) is 29.3 Å². The number of sulfonamides is 1. The molecule has 1 aromatic heterocycles. The standard InChI is InChI=1S/C14H20N4O2S/c1-5-15-12-8-10(2)14(11(3)9-12)21(19,20)17-13-6-7-18(4)16-13/h6-9,15H,5H2,1-4H3,(H,16,17). The molecule has 0 bridgehead atoms. The van der Waals surface area contributed by atoms with Crippen LogP contribution in [0.25, 0.3) is 0 Å². The molecule has 0 aliphatic heterocycles. The number of nitrogens with zero attached hydrogens (tertiary/aromatic N) is 2. The molecule has 0 aliphatic rings. The van der Waals surface area contributed by atoms with Gasteiger partial charge in [-0.3, -0.25) is 9.40 Å². The first-order valence-corrected chi connectivity index (χ1v) is 8.19. The molecule has 7 heteroatoms. The van der Waals surface area contributed by atoms with E-state index in [2.05, 4.69) is 15.1 Å². The molecule has 2 rings (SSSR count). The Balaban J connectivity index is 2.40. The third-order valence-corrected chi connectivity index (χ3v) is 4.72. The van der Waals surface area contributed by atoms with Crippen molar-refractivity contribution < 1.29 is 8.42 Å². The molecule has 0 unspecified atom stereocenters. The van der Waals surface area contributed by atoms with Crippen molar-refractivity contribution >= 4 is 21.5 Å². The second-order valence-corrected chi connectivity index (χ2v) is 6.57. The number of benzene rings is 1. The first kappa shape index (κ1) is 15.4. The van der Waals surface area contributed by atoms with E-state index in [4.69, 9.17) is 0 Å². The minimum absolute atomic E-state index is 0.301. The highest BCUT2D eigenvalue weighted by molar-refractivity contribution is 7.92. The molecule has 1 aromatic carbocycles. The highest BCUT2D eigenvalue weighted by atomic mass is 32.2. The third kappa shape index (κ3) is 3.36. The Morgan fingerprint density at radius 3 is 2.33 bits per heavy atom. The monoisotopic (exact) mass is 308 g/mol. The maximum Gasteiger partial charge on any atom is 0.263 e. The third-order valence-electron chi connectivity index (χ3n) is 3.06. The topological polar surface area (TPSA) is 76.0 Å². The second kappa shape index (κ2) is 5.77. The fraction of sp³-hybridized carbons (Fsp3) is 0.357. The van der Waals surface area contributed by atoms with Crippen LogP contribution in [0.3, 0.4) is 0 Å². The summed E-state index contributed by atoms with van der Waals surface area (Å²) in [7, 11) is -1.91. The van der Waals surface area contributed by atoms with Crippen LogP contribution in [0.4, 0.5) is 11.5 Å². The summed E-state index contributed by atoms with van der Waals surface area (Å²) >= 11 is 0. The summed E-state index contributed by atoms with van der Waals surface area (Å²) in [6, 6.07) is 5.29. The van der Waals surface area contributed by atoms with Gasteiger partial charge in [0.1, 0.15) is 0 Å². The van der Waals surface area contributed by atoms with Crippen molar-refractivity contribution in [1.29, 1.82) is 0 Å². The van der Waals surface area contributed by atoms with E-state index in [0.717, 1.165) is 12.2 Å². The molecular formula is C14H20N4O2S. The summed E-state index contributed by atoms with van der Waals surface area (Å²) in [5, 5.41) is 7.23. The van der Waals surface area contributed by atoms with Gasteiger partial charge in [-0.05, 0) is 44.0 Å². The van der Waals surface area contributed by atoms with E-state index >= 15 is 0 Å². The van der Waals surface area contributed by atoms with Gasteiger partial charge < -0.3 is 5.32 Å². The summed E-state index contributed by atoms with van der Waals surface area (Å²) in [5.74, 6) is 0.312. The molecule has 0 amide bonds. The van der Waals surface area contributed by atoms with Gasteiger partial charge in [0.25, 0.3) is 10.0 Å². The molecule has 114 valence electrons. The lowest BCUT2D eigenvalue weighted by molar-refractivity contribution is 0.599. The van der Waals surface area contributed by atoms with Crippen LogP contribution in [-0.4, -0.2) is 24.7 Å². The van der Waals surface area contributed by atoms with Crippen LogP contribution < -0.4 is 10.0 Å². The van der Waals surface area contributed by atoms with Crippen LogP contribution >= 0.6 is 0 Å². The highest BCUT2D eigenvalue weighted by Crippen LogP contribution is 2.26. The van der Waals surface area contributed by atoms with Gasteiger partial charge >= 0.3 is 0 Å². The van der Waals surface area contributed by atoms with E-state index < -0.39 is 10.0 Å². The zero-order chi connectivity index (χ0) is 15.6. The average Bonchev–Trinajstić information content (AvgIpc) is 2.72. The number of rotatable bonds is 5. The van der Waals surface area contributed by atoms with E-state index in [-0.39, 0.29) is 0 Å². The Kier molecular flexibility index (Phi) is 4.22. The van der Waals surface area contributed by atoms with Crippen molar-refractivity contribution in [2.75, 3.05) is 16.6 Å². The van der Waals surface area contributed by atoms with E-state index in [1.165, 1.54) is 0 Å². The van der Waals surface area contributed by atoms with E-state index in [1.54, 1.807) is 37.8 Å². The molecule has 21 heavy (non-hydrogen) atoms. The van der Waals surface area contributed by atoms with Gasteiger partial charge in [-0.2, -0.15) is 5.10 Å². The number of hydrogen-bond donors (Lipinski definition) is 2. The first-order chi connectivity index (χ1) is 9.83. The van der Waals surface area contributed by atoms with Crippen LogP contribution in [0.2, 0.25) is 0 Å². The fourth-order valence-electron chi connectivity index (χ4n) is 2.34. The zero-order valence-corrected chi connectivity index (χ0v) is 13.5. The summed E-state index contributed by atoms with van der Waals surface area (Å²) in [6.45, 7) is 6.37. The quantitative estimate of drug-likeness (QED) is 0.888. The predicted octanol–water partition coefficient (Wildman–Crippen LogP) is 2.27. The number of nitrogens with one attached hydrogen (secondary N) is 2. The lowest BCUT2D eigenvalue weighted by atomic mass is 10.1. The van der Waals surface area contributed by atoms with Gasteiger partial charge in [-0.15, -0.1) is 0 Å². The SMILES string of the molecule is CCNc1cc(C)c(S(=O)(=O)Nc2ccn(C)n2)c(C)c1. The van der Waals surface area contributed by atoms with Crippen LogP contribution in [0.1, 0.15) is 18.1 Å².